The van der Waals surface area contributed by atoms with Gasteiger partial charge in [-0.05, 0) is 0 Å². The zero-order chi connectivity index (χ0) is 7.73. The van der Waals surface area contributed by atoms with Crippen LogP contribution >= 0.6 is 59.7 Å². The quantitative estimate of drug-likeness (QED) is 0.702. The highest BCUT2D eigenvalue weighted by Crippen LogP contribution is 2.64. The molecule has 5 heteroatoms. The van der Waals surface area contributed by atoms with Gasteiger partial charge >= 0.3 is 0 Å². The van der Waals surface area contributed by atoms with Crippen molar-refractivity contribution in [2.24, 2.45) is 0 Å². The first kappa shape index (κ1) is 9.31. The molecule has 0 aliphatic carbocycles. The third-order valence-electron chi connectivity index (χ3n) is 1.60. The summed E-state index contributed by atoms with van der Waals surface area (Å²) in [7, 11) is 0. The van der Waals surface area contributed by atoms with Crippen molar-refractivity contribution < 1.29 is 0 Å². The van der Waals surface area contributed by atoms with Crippen LogP contribution in [-0.2, 0) is 0 Å². The van der Waals surface area contributed by atoms with E-state index < -0.39 is 0 Å². The highest BCUT2D eigenvalue weighted by molar-refractivity contribution is 8.50. The van der Waals surface area contributed by atoms with E-state index in [0.29, 0.717) is 2.74 Å². The van der Waals surface area contributed by atoms with Gasteiger partial charge < -0.3 is 0 Å². The SMILES string of the molecule is SCC1CSC2(SCCS2)S1. The number of thiol groups is 1. The summed E-state index contributed by atoms with van der Waals surface area (Å²) in [4.78, 5) is 0. The van der Waals surface area contributed by atoms with Crippen molar-refractivity contribution in [1.82, 2.24) is 0 Å². The summed E-state index contributed by atoms with van der Waals surface area (Å²) in [5.74, 6) is 5.02. The Labute approximate surface area is 90.2 Å². The topological polar surface area (TPSA) is 0 Å². The van der Waals surface area contributed by atoms with Crippen LogP contribution < -0.4 is 0 Å². The van der Waals surface area contributed by atoms with E-state index in [9.17, 15) is 0 Å². The van der Waals surface area contributed by atoms with Gasteiger partial charge in [-0.1, -0.05) is 0 Å². The van der Waals surface area contributed by atoms with Crippen LogP contribution in [0.5, 0.6) is 0 Å². The molecular formula is C6H10S5. The van der Waals surface area contributed by atoms with Crippen LogP contribution in [0, 0.1) is 0 Å². The third-order valence-corrected chi connectivity index (χ3v) is 10.2. The van der Waals surface area contributed by atoms with Crippen molar-refractivity contribution >= 4 is 59.7 Å². The van der Waals surface area contributed by atoms with E-state index in [-0.39, 0.29) is 0 Å². The minimum absolute atomic E-state index is 0.480. The zero-order valence-electron chi connectivity index (χ0n) is 5.99. The molecule has 0 aromatic heterocycles. The maximum absolute atomic E-state index is 4.34. The lowest BCUT2D eigenvalue weighted by molar-refractivity contribution is 1.17. The predicted octanol–water partition coefficient (Wildman–Crippen LogP) is 2.86. The third kappa shape index (κ3) is 1.98. The van der Waals surface area contributed by atoms with Crippen molar-refractivity contribution in [1.29, 1.82) is 0 Å². The van der Waals surface area contributed by atoms with E-state index in [1.165, 1.54) is 17.3 Å². The van der Waals surface area contributed by atoms with Gasteiger partial charge in [0.15, 0.2) is 2.74 Å². The molecule has 0 bridgehead atoms. The van der Waals surface area contributed by atoms with Gasteiger partial charge in [0.1, 0.15) is 0 Å². The molecule has 1 atom stereocenters. The second kappa shape index (κ2) is 3.86. The standard InChI is InChI=1S/C6H10S5/c7-3-5-4-10-6(11-5)8-1-2-9-6/h5,7H,1-4H2. The number of hydrogen-bond donors (Lipinski definition) is 1. The number of rotatable bonds is 1. The normalized spacial score (nSPS) is 35.2. The number of thioether (sulfide) groups is 4. The summed E-state index contributed by atoms with van der Waals surface area (Å²) in [5, 5.41) is 0.793. The molecule has 64 valence electrons. The van der Waals surface area contributed by atoms with Gasteiger partial charge in [0.05, 0.1) is 0 Å². The molecule has 0 saturated carbocycles. The Morgan fingerprint density at radius 1 is 1.27 bits per heavy atom. The maximum atomic E-state index is 4.34. The fourth-order valence-corrected chi connectivity index (χ4v) is 9.40. The molecule has 0 nitrogen and oxygen atoms in total. The van der Waals surface area contributed by atoms with Crippen LogP contribution in [0.3, 0.4) is 0 Å². The molecule has 2 rings (SSSR count). The minimum atomic E-state index is 0.480. The monoisotopic (exact) mass is 242 g/mol. The Morgan fingerprint density at radius 3 is 2.55 bits per heavy atom. The van der Waals surface area contributed by atoms with Crippen LogP contribution in [0.4, 0.5) is 0 Å². The van der Waals surface area contributed by atoms with E-state index in [1.807, 2.05) is 0 Å². The van der Waals surface area contributed by atoms with E-state index >= 15 is 0 Å². The Kier molecular flexibility index (Phi) is 3.27. The zero-order valence-corrected chi connectivity index (χ0v) is 10.1. The van der Waals surface area contributed by atoms with Gasteiger partial charge in [0.25, 0.3) is 0 Å². The minimum Gasteiger partial charge on any atom is -0.178 e. The molecular weight excluding hydrogens is 232 g/mol. The summed E-state index contributed by atoms with van der Waals surface area (Å²) in [6.07, 6.45) is 0. The molecule has 2 aliphatic rings. The molecule has 2 aliphatic heterocycles. The average Bonchev–Trinajstić information content (AvgIpc) is 2.62. The predicted molar refractivity (Wildman–Crippen MR) is 65.3 cm³/mol. The molecule has 0 amide bonds. The molecule has 0 radical (unpaired) electrons. The molecule has 11 heavy (non-hydrogen) atoms. The van der Waals surface area contributed by atoms with Gasteiger partial charge in [-0.25, -0.2) is 0 Å². The lowest BCUT2D eigenvalue weighted by Crippen LogP contribution is -2.04. The van der Waals surface area contributed by atoms with E-state index in [1.54, 1.807) is 0 Å². The molecule has 1 spiro atoms. The van der Waals surface area contributed by atoms with Gasteiger partial charge in [0, 0.05) is 28.3 Å². The van der Waals surface area contributed by atoms with E-state index in [0.717, 1.165) is 11.0 Å². The first-order valence-corrected chi connectivity index (χ1v) is 8.02. The summed E-state index contributed by atoms with van der Waals surface area (Å²) >= 11 is 12.8. The van der Waals surface area contributed by atoms with Gasteiger partial charge in [-0.2, -0.15) is 12.6 Å². The molecule has 0 aromatic carbocycles. The summed E-state index contributed by atoms with van der Waals surface area (Å²) in [6, 6.07) is 0. The lowest BCUT2D eigenvalue weighted by Gasteiger charge is -2.18. The number of hydrogen-bond acceptors (Lipinski definition) is 5. The largest absolute Gasteiger partial charge is 0.178 e. The fourth-order valence-electron chi connectivity index (χ4n) is 1.08. The van der Waals surface area contributed by atoms with Crippen molar-refractivity contribution in [3.05, 3.63) is 0 Å². The Bertz CT molecular complexity index is 142. The van der Waals surface area contributed by atoms with Crippen LogP contribution in [0.25, 0.3) is 0 Å². The van der Waals surface area contributed by atoms with Crippen molar-refractivity contribution in [2.75, 3.05) is 23.0 Å². The van der Waals surface area contributed by atoms with Crippen LogP contribution in [0.15, 0.2) is 0 Å². The van der Waals surface area contributed by atoms with Crippen LogP contribution in [0.2, 0.25) is 0 Å². The van der Waals surface area contributed by atoms with Crippen molar-refractivity contribution in [3.63, 3.8) is 0 Å². The highest BCUT2D eigenvalue weighted by Gasteiger charge is 2.44. The van der Waals surface area contributed by atoms with Crippen LogP contribution in [-0.4, -0.2) is 31.0 Å². The molecule has 2 saturated heterocycles. The first-order chi connectivity index (χ1) is 5.35. The molecule has 0 aromatic rings. The smallest absolute Gasteiger partial charge is 0.154 e. The van der Waals surface area contributed by atoms with Crippen molar-refractivity contribution in [2.45, 2.75) is 7.99 Å². The first-order valence-electron chi connectivity index (χ1n) is 3.55. The van der Waals surface area contributed by atoms with Crippen molar-refractivity contribution in [3.8, 4) is 0 Å². The van der Waals surface area contributed by atoms with Crippen LogP contribution in [0.1, 0.15) is 0 Å². The Hall–Kier alpha value is 1.75. The second-order valence-electron chi connectivity index (χ2n) is 2.43. The summed E-state index contributed by atoms with van der Waals surface area (Å²) < 4.78 is 0.480. The fraction of sp³-hybridized carbons (Fsp3) is 1.00. The molecule has 0 N–H and O–H groups in total. The summed E-state index contributed by atoms with van der Waals surface area (Å²) in [6.45, 7) is 0. The lowest BCUT2D eigenvalue weighted by atomic mass is 10.6. The second-order valence-corrected chi connectivity index (χ2v) is 9.71. The maximum Gasteiger partial charge on any atom is 0.154 e. The Balaban J connectivity index is 1.96. The Morgan fingerprint density at radius 2 is 2.00 bits per heavy atom. The van der Waals surface area contributed by atoms with E-state index in [4.69, 9.17) is 0 Å². The molecule has 2 heterocycles. The molecule has 2 fully saturated rings. The van der Waals surface area contributed by atoms with E-state index in [2.05, 4.69) is 59.7 Å². The van der Waals surface area contributed by atoms with Gasteiger partial charge in [-0.15, -0.1) is 47.0 Å². The highest BCUT2D eigenvalue weighted by atomic mass is 32.3. The van der Waals surface area contributed by atoms with Gasteiger partial charge in [-0.3, -0.25) is 0 Å². The summed E-state index contributed by atoms with van der Waals surface area (Å²) in [5.41, 5.74) is 0. The average molecular weight is 242 g/mol. The van der Waals surface area contributed by atoms with Gasteiger partial charge in [0.2, 0.25) is 0 Å². The molecule has 1 unspecified atom stereocenters.